The number of hydrogen-bond donors (Lipinski definition) is 1. The molecule has 1 N–H and O–H groups in total. The fourth-order valence-electron chi connectivity index (χ4n) is 1.99. The van der Waals surface area contributed by atoms with Crippen LogP contribution in [-0.2, 0) is 18.8 Å². The Morgan fingerprint density at radius 3 is 2.56 bits per heavy atom. The third-order valence-electron chi connectivity index (χ3n) is 3.28. The standard InChI is InChI=1S/C17H27ClNO5P/c1-3-4-5-9-12-22-13-14-23-17(20)15(2)19-25(18,21)24-16-10-7-6-8-11-16/h6-8,10-11,15H,3-5,9,12-14H2,1-2H3,(H,19,21)/t15-,25?/m0/s1. The van der Waals surface area contributed by atoms with Gasteiger partial charge in [0.25, 0.3) is 0 Å². The summed E-state index contributed by atoms with van der Waals surface area (Å²) < 4.78 is 27.8. The van der Waals surface area contributed by atoms with Crippen molar-refractivity contribution in [1.82, 2.24) is 5.09 Å². The number of rotatable bonds is 13. The highest BCUT2D eigenvalue weighted by atomic mass is 35.7. The molecule has 0 amide bonds. The second kappa shape index (κ2) is 12.3. The Labute approximate surface area is 154 Å². The molecule has 1 aromatic rings. The number of ether oxygens (including phenoxy) is 2. The van der Waals surface area contributed by atoms with Gasteiger partial charge < -0.3 is 14.0 Å². The summed E-state index contributed by atoms with van der Waals surface area (Å²) in [5, 5.41) is 2.46. The van der Waals surface area contributed by atoms with E-state index in [2.05, 4.69) is 12.0 Å². The molecule has 25 heavy (non-hydrogen) atoms. The van der Waals surface area contributed by atoms with Gasteiger partial charge in [-0.25, -0.2) is 9.65 Å². The Morgan fingerprint density at radius 2 is 1.88 bits per heavy atom. The van der Waals surface area contributed by atoms with Crippen molar-refractivity contribution in [3.63, 3.8) is 0 Å². The van der Waals surface area contributed by atoms with E-state index >= 15 is 0 Å². The monoisotopic (exact) mass is 391 g/mol. The first-order chi connectivity index (χ1) is 11.9. The third kappa shape index (κ3) is 10.5. The maximum absolute atomic E-state index is 12.2. The quantitative estimate of drug-likeness (QED) is 0.302. The number of carbonyl (C=O) groups excluding carboxylic acids is 1. The molecule has 1 unspecified atom stereocenters. The van der Waals surface area contributed by atoms with E-state index in [1.807, 2.05) is 0 Å². The molecule has 0 saturated carbocycles. The van der Waals surface area contributed by atoms with Crippen LogP contribution in [0, 0.1) is 0 Å². The Morgan fingerprint density at radius 1 is 1.16 bits per heavy atom. The zero-order valence-corrected chi connectivity index (χ0v) is 16.4. The van der Waals surface area contributed by atoms with E-state index in [1.54, 1.807) is 30.3 Å². The van der Waals surface area contributed by atoms with Gasteiger partial charge in [-0.2, -0.15) is 0 Å². The van der Waals surface area contributed by atoms with Crippen LogP contribution in [0.4, 0.5) is 0 Å². The van der Waals surface area contributed by atoms with Gasteiger partial charge in [-0.15, -0.1) is 0 Å². The zero-order valence-electron chi connectivity index (χ0n) is 14.8. The van der Waals surface area contributed by atoms with Gasteiger partial charge in [-0.05, 0) is 25.5 Å². The van der Waals surface area contributed by atoms with Crippen LogP contribution in [0.2, 0.25) is 0 Å². The summed E-state index contributed by atoms with van der Waals surface area (Å²) >= 11 is 5.84. The predicted molar refractivity (Wildman–Crippen MR) is 99.0 cm³/mol. The molecule has 0 aliphatic carbocycles. The van der Waals surface area contributed by atoms with Crippen molar-refractivity contribution < 1.29 is 23.4 Å². The summed E-state index contributed by atoms with van der Waals surface area (Å²) in [5.41, 5.74) is 0. The van der Waals surface area contributed by atoms with E-state index in [0.29, 0.717) is 19.0 Å². The zero-order chi connectivity index (χ0) is 18.5. The van der Waals surface area contributed by atoms with E-state index in [0.717, 1.165) is 12.8 Å². The first-order valence-electron chi connectivity index (χ1n) is 8.51. The molecule has 0 saturated heterocycles. The number of halogens is 1. The van der Waals surface area contributed by atoms with Gasteiger partial charge in [0.05, 0.1) is 6.61 Å². The normalized spacial score (nSPS) is 14.5. The second-order valence-corrected chi connectivity index (χ2v) is 8.31. The highest BCUT2D eigenvalue weighted by molar-refractivity contribution is 7.84. The molecular formula is C17H27ClNO5P. The molecule has 6 nitrogen and oxygen atoms in total. The van der Waals surface area contributed by atoms with Crippen LogP contribution in [0.15, 0.2) is 30.3 Å². The van der Waals surface area contributed by atoms with Gasteiger partial charge in [0.1, 0.15) is 18.4 Å². The number of esters is 1. The highest BCUT2D eigenvalue weighted by Gasteiger charge is 2.28. The Hall–Kier alpha value is -1.07. The maximum Gasteiger partial charge on any atom is 0.409 e. The van der Waals surface area contributed by atoms with E-state index in [9.17, 15) is 9.36 Å². The largest absolute Gasteiger partial charge is 0.462 e. The lowest BCUT2D eigenvalue weighted by molar-refractivity contribution is -0.146. The fourth-order valence-corrected chi connectivity index (χ4v) is 3.68. The predicted octanol–water partition coefficient (Wildman–Crippen LogP) is 4.53. The van der Waals surface area contributed by atoms with E-state index < -0.39 is 18.9 Å². The van der Waals surface area contributed by atoms with Crippen LogP contribution in [0.1, 0.15) is 39.5 Å². The number of para-hydroxylation sites is 1. The lowest BCUT2D eigenvalue weighted by Crippen LogP contribution is -2.33. The lowest BCUT2D eigenvalue weighted by atomic mass is 10.2. The van der Waals surface area contributed by atoms with Gasteiger partial charge in [-0.3, -0.25) is 4.79 Å². The lowest BCUT2D eigenvalue weighted by Gasteiger charge is -2.18. The smallest absolute Gasteiger partial charge is 0.409 e. The summed E-state index contributed by atoms with van der Waals surface area (Å²) in [5.74, 6) is -0.211. The number of carbonyl (C=O) groups is 1. The summed E-state index contributed by atoms with van der Waals surface area (Å²) in [6.07, 6.45) is 4.53. The van der Waals surface area contributed by atoms with Crippen molar-refractivity contribution in [3.05, 3.63) is 30.3 Å². The average Bonchev–Trinajstić information content (AvgIpc) is 2.57. The molecule has 0 radical (unpaired) electrons. The first-order valence-corrected chi connectivity index (χ1v) is 11.0. The highest BCUT2D eigenvalue weighted by Crippen LogP contribution is 2.48. The van der Waals surface area contributed by atoms with Crippen molar-refractivity contribution >= 4 is 24.1 Å². The van der Waals surface area contributed by atoms with Crippen molar-refractivity contribution in [1.29, 1.82) is 0 Å². The minimum absolute atomic E-state index is 0.144. The Balaban J connectivity index is 2.21. The molecule has 2 atom stereocenters. The van der Waals surface area contributed by atoms with Crippen LogP contribution in [0.5, 0.6) is 5.75 Å². The number of benzene rings is 1. The Kier molecular flexibility index (Phi) is 10.8. The number of nitrogens with one attached hydrogen (secondary N) is 1. The molecule has 0 aliphatic rings. The molecule has 0 fully saturated rings. The van der Waals surface area contributed by atoms with Crippen LogP contribution in [-0.4, -0.2) is 31.8 Å². The summed E-state index contributed by atoms with van der Waals surface area (Å²) in [7, 11) is 0. The van der Waals surface area contributed by atoms with Crippen LogP contribution >= 0.6 is 18.1 Å². The molecule has 142 valence electrons. The van der Waals surface area contributed by atoms with Crippen molar-refractivity contribution in [3.8, 4) is 5.75 Å². The summed E-state index contributed by atoms with van der Waals surface area (Å²) in [6.45, 7) is 1.11. The average molecular weight is 392 g/mol. The van der Waals surface area contributed by atoms with Crippen LogP contribution in [0.25, 0.3) is 0 Å². The summed E-state index contributed by atoms with van der Waals surface area (Å²) in [4.78, 5) is 11.9. The molecule has 0 aliphatic heterocycles. The molecule has 1 aromatic carbocycles. The van der Waals surface area contributed by atoms with Gasteiger partial charge in [0, 0.05) is 17.8 Å². The van der Waals surface area contributed by atoms with Gasteiger partial charge >= 0.3 is 12.8 Å². The van der Waals surface area contributed by atoms with E-state index in [-0.39, 0.29) is 6.61 Å². The first kappa shape index (κ1) is 22.0. The Bertz CT molecular complexity index is 543. The molecule has 1 rings (SSSR count). The molecule has 0 spiro atoms. The number of unbranched alkanes of at least 4 members (excludes halogenated alkanes) is 3. The second-order valence-electron chi connectivity index (χ2n) is 5.58. The van der Waals surface area contributed by atoms with E-state index in [1.165, 1.54) is 19.8 Å². The van der Waals surface area contributed by atoms with Crippen molar-refractivity contribution in [2.24, 2.45) is 0 Å². The van der Waals surface area contributed by atoms with Gasteiger partial charge in [0.15, 0.2) is 0 Å². The molecular weight excluding hydrogens is 365 g/mol. The van der Waals surface area contributed by atoms with Crippen molar-refractivity contribution in [2.45, 2.75) is 45.6 Å². The van der Waals surface area contributed by atoms with Gasteiger partial charge in [0.2, 0.25) is 0 Å². The molecule has 0 heterocycles. The minimum Gasteiger partial charge on any atom is -0.462 e. The topological polar surface area (TPSA) is 73.9 Å². The summed E-state index contributed by atoms with van der Waals surface area (Å²) in [6, 6.07) is 7.63. The van der Waals surface area contributed by atoms with Crippen molar-refractivity contribution in [2.75, 3.05) is 19.8 Å². The SMILES string of the molecule is CCCCCCOCCOC(=O)[C@H](C)NP(=O)(Cl)Oc1ccccc1. The molecule has 8 heteroatoms. The third-order valence-corrected chi connectivity index (χ3v) is 4.92. The molecule has 0 aromatic heterocycles. The number of hydrogen-bond acceptors (Lipinski definition) is 5. The van der Waals surface area contributed by atoms with Crippen LogP contribution < -0.4 is 9.61 Å². The molecule has 0 bridgehead atoms. The van der Waals surface area contributed by atoms with E-state index in [4.69, 9.17) is 25.2 Å². The van der Waals surface area contributed by atoms with Gasteiger partial charge in [-0.1, -0.05) is 44.4 Å². The minimum atomic E-state index is -3.69. The fraction of sp³-hybridized carbons (Fsp3) is 0.588. The maximum atomic E-state index is 12.2. The van der Waals surface area contributed by atoms with Crippen LogP contribution in [0.3, 0.4) is 0 Å².